The van der Waals surface area contributed by atoms with Gasteiger partial charge in [-0.3, -0.25) is 4.79 Å². The third-order valence-corrected chi connectivity index (χ3v) is 6.09. The number of halogens is 1. The lowest BCUT2D eigenvalue weighted by Gasteiger charge is -2.25. The van der Waals surface area contributed by atoms with E-state index in [0.29, 0.717) is 5.69 Å². The predicted octanol–water partition coefficient (Wildman–Crippen LogP) is 4.42. The highest BCUT2D eigenvalue weighted by Crippen LogP contribution is 2.27. The van der Waals surface area contributed by atoms with Crippen LogP contribution in [0.15, 0.2) is 53.5 Å². The van der Waals surface area contributed by atoms with Crippen LogP contribution in [0.4, 0.5) is 16.2 Å². The number of carbonyl (C=O) groups is 2. The van der Waals surface area contributed by atoms with E-state index in [0.717, 1.165) is 55.0 Å². The standard InChI is InChI=1S/C25H31N5O2.ClH/c1-3-18-11-10-12-19(17-18)26-25(32)28-22-24(31)29(2)21-14-7-6-13-20(21)23(27-22)30-15-8-4-5-9-16-30;/h6-7,10-14,17,22H,3-5,8-9,15-16H2,1-2H3,(H2,26,28,32);1H. The average Bonchev–Trinajstić information content (AvgIpc) is 3.14. The van der Waals surface area contributed by atoms with Gasteiger partial charge in [-0.1, -0.05) is 44.0 Å². The maximum atomic E-state index is 13.3. The fourth-order valence-electron chi connectivity index (χ4n) is 4.29. The summed E-state index contributed by atoms with van der Waals surface area (Å²) in [6, 6.07) is 15.1. The number of amidine groups is 1. The van der Waals surface area contributed by atoms with Crippen molar-refractivity contribution < 1.29 is 9.59 Å². The van der Waals surface area contributed by atoms with Crippen molar-refractivity contribution >= 4 is 41.6 Å². The van der Waals surface area contributed by atoms with Crippen LogP contribution in [0, 0.1) is 0 Å². The number of nitrogens with zero attached hydrogens (tertiary/aromatic N) is 3. The third-order valence-electron chi connectivity index (χ3n) is 6.09. The summed E-state index contributed by atoms with van der Waals surface area (Å²) >= 11 is 0. The SMILES string of the molecule is CCc1cccc(NC(=O)NC2N=C(N3CCCCCC3)c3ccccc3N(C)C2=O)c1.Cl. The molecule has 2 aliphatic heterocycles. The number of likely N-dealkylation sites (tertiary alicyclic amines) is 1. The molecule has 1 fully saturated rings. The van der Waals surface area contributed by atoms with Gasteiger partial charge < -0.3 is 20.4 Å². The Morgan fingerprint density at radius 2 is 1.79 bits per heavy atom. The lowest BCUT2D eigenvalue weighted by Crippen LogP contribution is -2.47. The molecule has 8 heteroatoms. The van der Waals surface area contributed by atoms with Crippen LogP contribution in [0.25, 0.3) is 0 Å². The Hall–Kier alpha value is -3.06. The number of benzodiazepines with no additional fused rings is 1. The average molecular weight is 470 g/mol. The largest absolute Gasteiger partial charge is 0.356 e. The van der Waals surface area contributed by atoms with Crippen molar-refractivity contribution in [2.75, 3.05) is 30.4 Å². The number of anilines is 2. The van der Waals surface area contributed by atoms with Crippen molar-refractivity contribution in [3.8, 4) is 0 Å². The highest BCUT2D eigenvalue weighted by atomic mass is 35.5. The summed E-state index contributed by atoms with van der Waals surface area (Å²) in [7, 11) is 1.74. The van der Waals surface area contributed by atoms with Crippen molar-refractivity contribution in [3.63, 3.8) is 0 Å². The van der Waals surface area contributed by atoms with Gasteiger partial charge in [0.05, 0.1) is 5.69 Å². The molecule has 1 atom stereocenters. The fourth-order valence-corrected chi connectivity index (χ4v) is 4.29. The summed E-state index contributed by atoms with van der Waals surface area (Å²) in [6.45, 7) is 3.86. The van der Waals surface area contributed by atoms with Crippen LogP contribution in [0.5, 0.6) is 0 Å². The van der Waals surface area contributed by atoms with E-state index in [4.69, 9.17) is 4.99 Å². The van der Waals surface area contributed by atoms with Gasteiger partial charge in [0.25, 0.3) is 5.91 Å². The van der Waals surface area contributed by atoms with Crippen molar-refractivity contribution in [3.05, 3.63) is 59.7 Å². The van der Waals surface area contributed by atoms with E-state index >= 15 is 0 Å². The number of fused-ring (bicyclic) bond motifs is 1. The minimum Gasteiger partial charge on any atom is -0.356 e. The molecule has 0 saturated carbocycles. The predicted molar refractivity (Wildman–Crippen MR) is 135 cm³/mol. The zero-order valence-electron chi connectivity index (χ0n) is 19.2. The minimum absolute atomic E-state index is 0. The molecular weight excluding hydrogens is 438 g/mol. The molecule has 0 radical (unpaired) electrons. The van der Waals surface area contributed by atoms with Crippen LogP contribution in [0.1, 0.15) is 43.7 Å². The molecule has 2 aliphatic rings. The number of amides is 3. The topological polar surface area (TPSA) is 77.0 Å². The van der Waals surface area contributed by atoms with Gasteiger partial charge in [0.15, 0.2) is 0 Å². The Balaban J connectivity index is 0.00000306. The van der Waals surface area contributed by atoms with E-state index in [1.54, 1.807) is 11.9 Å². The molecule has 2 N–H and O–H groups in total. The van der Waals surface area contributed by atoms with Crippen LogP contribution in [-0.4, -0.2) is 49.0 Å². The number of aryl methyl sites for hydroxylation is 1. The molecular formula is C25H32ClN5O2. The summed E-state index contributed by atoms with van der Waals surface area (Å²) in [4.78, 5) is 34.7. The molecule has 4 rings (SSSR count). The number of hydrogen-bond donors (Lipinski definition) is 2. The summed E-state index contributed by atoms with van der Waals surface area (Å²) in [6.07, 6.45) is 4.47. The first-order chi connectivity index (χ1) is 15.6. The van der Waals surface area contributed by atoms with Crippen LogP contribution >= 0.6 is 12.4 Å². The monoisotopic (exact) mass is 469 g/mol. The van der Waals surface area contributed by atoms with E-state index in [1.807, 2.05) is 48.5 Å². The molecule has 176 valence electrons. The Labute approximate surface area is 201 Å². The van der Waals surface area contributed by atoms with Gasteiger partial charge >= 0.3 is 6.03 Å². The maximum Gasteiger partial charge on any atom is 0.321 e. The smallest absolute Gasteiger partial charge is 0.321 e. The number of rotatable bonds is 3. The Morgan fingerprint density at radius 3 is 2.52 bits per heavy atom. The second kappa shape index (κ2) is 11.2. The summed E-state index contributed by atoms with van der Waals surface area (Å²) < 4.78 is 0. The molecule has 2 aromatic carbocycles. The molecule has 3 amide bonds. The molecule has 2 heterocycles. The molecule has 7 nitrogen and oxygen atoms in total. The molecule has 0 aromatic heterocycles. The second-order valence-corrected chi connectivity index (χ2v) is 8.32. The maximum absolute atomic E-state index is 13.3. The van der Waals surface area contributed by atoms with Crippen LogP contribution < -0.4 is 15.5 Å². The lowest BCUT2D eigenvalue weighted by molar-refractivity contribution is -0.119. The Morgan fingerprint density at radius 1 is 1.06 bits per heavy atom. The van der Waals surface area contributed by atoms with E-state index in [-0.39, 0.29) is 18.3 Å². The van der Waals surface area contributed by atoms with Gasteiger partial charge in [0.2, 0.25) is 6.17 Å². The van der Waals surface area contributed by atoms with Crippen molar-refractivity contribution in [2.45, 2.75) is 45.2 Å². The first kappa shape index (κ1) is 24.6. The number of hydrogen-bond acceptors (Lipinski definition) is 4. The first-order valence-electron chi connectivity index (χ1n) is 11.4. The van der Waals surface area contributed by atoms with Crippen molar-refractivity contribution in [2.24, 2.45) is 4.99 Å². The number of likely N-dealkylation sites (N-methyl/N-ethyl adjacent to an activating group) is 1. The second-order valence-electron chi connectivity index (χ2n) is 8.32. The summed E-state index contributed by atoms with van der Waals surface area (Å²) in [5.41, 5.74) is 3.55. The van der Waals surface area contributed by atoms with Gasteiger partial charge in [-0.25, -0.2) is 9.79 Å². The van der Waals surface area contributed by atoms with Gasteiger partial charge in [0.1, 0.15) is 5.84 Å². The highest BCUT2D eigenvalue weighted by molar-refractivity contribution is 6.12. The molecule has 0 aliphatic carbocycles. The lowest BCUT2D eigenvalue weighted by atomic mass is 10.1. The van der Waals surface area contributed by atoms with Gasteiger partial charge in [-0.15, -0.1) is 12.4 Å². The summed E-state index contributed by atoms with van der Waals surface area (Å²) in [5.74, 6) is 0.512. The number of carbonyl (C=O) groups excluding carboxylic acids is 2. The van der Waals surface area contributed by atoms with Crippen LogP contribution in [-0.2, 0) is 11.2 Å². The number of para-hydroxylation sites is 1. The highest BCUT2D eigenvalue weighted by Gasteiger charge is 2.32. The molecule has 0 bridgehead atoms. The first-order valence-corrected chi connectivity index (χ1v) is 11.4. The molecule has 0 spiro atoms. The van der Waals surface area contributed by atoms with Gasteiger partial charge in [-0.2, -0.15) is 0 Å². The Bertz CT molecular complexity index is 1020. The fraction of sp³-hybridized carbons (Fsp3) is 0.400. The summed E-state index contributed by atoms with van der Waals surface area (Å²) in [5, 5.41) is 5.63. The number of benzene rings is 2. The van der Waals surface area contributed by atoms with Crippen LogP contribution in [0.3, 0.4) is 0 Å². The minimum atomic E-state index is -1.000. The molecule has 1 unspecified atom stereocenters. The zero-order chi connectivity index (χ0) is 22.5. The van der Waals surface area contributed by atoms with E-state index in [1.165, 1.54) is 12.8 Å². The van der Waals surface area contributed by atoms with E-state index in [9.17, 15) is 9.59 Å². The van der Waals surface area contributed by atoms with Crippen molar-refractivity contribution in [1.29, 1.82) is 0 Å². The van der Waals surface area contributed by atoms with Gasteiger partial charge in [-0.05, 0) is 49.1 Å². The van der Waals surface area contributed by atoms with Crippen molar-refractivity contribution in [1.82, 2.24) is 10.2 Å². The third kappa shape index (κ3) is 5.66. The number of nitrogens with one attached hydrogen (secondary N) is 2. The van der Waals surface area contributed by atoms with E-state index in [2.05, 4.69) is 22.5 Å². The Kier molecular flexibility index (Phi) is 8.33. The van der Waals surface area contributed by atoms with E-state index < -0.39 is 12.2 Å². The van der Waals surface area contributed by atoms with Crippen LogP contribution in [0.2, 0.25) is 0 Å². The molecule has 1 saturated heterocycles. The molecule has 33 heavy (non-hydrogen) atoms. The molecule has 2 aromatic rings. The normalized spacial score (nSPS) is 18.3. The number of aliphatic imine (C=N–C) groups is 1. The quantitative estimate of drug-likeness (QED) is 0.698. The number of urea groups is 1. The van der Waals surface area contributed by atoms with Gasteiger partial charge in [0, 0.05) is 31.4 Å². The zero-order valence-corrected chi connectivity index (χ0v) is 20.0.